The Morgan fingerprint density at radius 1 is 1.11 bits per heavy atom. The monoisotopic (exact) mass is 422 g/mol. The number of fused-ring (bicyclic) bond motifs is 1. The van der Waals surface area contributed by atoms with Crippen molar-refractivity contribution in [1.82, 2.24) is 14.5 Å². The first-order valence-corrected chi connectivity index (χ1v) is 9.10. The summed E-state index contributed by atoms with van der Waals surface area (Å²) in [4.78, 5) is 21.4. The van der Waals surface area contributed by atoms with Gasteiger partial charge in [-0.15, -0.1) is 11.3 Å². The van der Waals surface area contributed by atoms with Gasteiger partial charge in [-0.3, -0.25) is 14.3 Å². The lowest BCUT2D eigenvalue weighted by atomic mass is 10.1. The summed E-state index contributed by atoms with van der Waals surface area (Å²) in [6, 6.07) is 8.18. The molecule has 0 aliphatic rings. The maximum atomic E-state index is 13.3. The lowest BCUT2D eigenvalue weighted by molar-refractivity contribution is -0.141. The molecule has 0 spiro atoms. The zero-order valence-electron chi connectivity index (χ0n) is 13.9. The number of hydrogen-bond acceptors (Lipinski definition) is 5. The summed E-state index contributed by atoms with van der Waals surface area (Å²) in [5.41, 5.74) is 6.33. The smallest absolute Gasteiger partial charge is 0.397 e. The molecule has 0 unspecified atom stereocenters. The van der Waals surface area contributed by atoms with Crippen LogP contribution in [0.2, 0.25) is 5.02 Å². The van der Waals surface area contributed by atoms with E-state index in [9.17, 15) is 18.0 Å². The molecule has 0 saturated carbocycles. The Morgan fingerprint density at radius 3 is 2.43 bits per heavy atom. The molecule has 142 valence electrons. The Kier molecular flexibility index (Phi) is 4.35. The average Bonchev–Trinajstić information content (AvgIpc) is 3.16. The van der Waals surface area contributed by atoms with Crippen LogP contribution in [0.4, 0.5) is 18.9 Å². The molecule has 4 rings (SSSR count). The Labute approximate surface area is 164 Å². The summed E-state index contributed by atoms with van der Waals surface area (Å²) in [6.45, 7) is 0. The van der Waals surface area contributed by atoms with E-state index >= 15 is 0 Å². The number of aromatic nitrogens is 3. The Morgan fingerprint density at radius 2 is 1.82 bits per heavy atom. The number of rotatable bonds is 2. The summed E-state index contributed by atoms with van der Waals surface area (Å²) >= 11 is 7.10. The molecular formula is C18H10ClF3N4OS. The second kappa shape index (κ2) is 6.61. The lowest BCUT2D eigenvalue weighted by Crippen LogP contribution is -2.23. The number of nitrogens with two attached hydrogens (primary N) is 1. The number of pyridine rings is 2. The summed E-state index contributed by atoms with van der Waals surface area (Å²) < 4.78 is 40.7. The normalized spacial score (nSPS) is 11.9. The predicted octanol–water partition coefficient (Wildman–Crippen LogP) is 4.76. The van der Waals surface area contributed by atoms with Crippen molar-refractivity contribution in [3.8, 4) is 16.1 Å². The minimum absolute atomic E-state index is 0.0516. The van der Waals surface area contributed by atoms with E-state index in [-0.39, 0.29) is 22.3 Å². The van der Waals surface area contributed by atoms with E-state index in [1.807, 2.05) is 0 Å². The van der Waals surface area contributed by atoms with Crippen LogP contribution in [-0.4, -0.2) is 14.5 Å². The summed E-state index contributed by atoms with van der Waals surface area (Å²) in [5.74, 6) is 0. The number of nitrogens with zero attached hydrogens (tertiary/aromatic N) is 3. The number of thiazole rings is 1. The van der Waals surface area contributed by atoms with Gasteiger partial charge in [-0.1, -0.05) is 11.6 Å². The minimum Gasteiger partial charge on any atom is -0.397 e. The zero-order chi connectivity index (χ0) is 20.1. The predicted molar refractivity (Wildman–Crippen MR) is 103 cm³/mol. The van der Waals surface area contributed by atoms with Gasteiger partial charge in [0.25, 0.3) is 5.56 Å². The second-order valence-electron chi connectivity index (χ2n) is 5.84. The van der Waals surface area contributed by atoms with Crippen LogP contribution in [0.15, 0.2) is 52.9 Å². The molecular weight excluding hydrogens is 413 g/mol. The maximum Gasteiger partial charge on any atom is 0.433 e. The number of halogens is 4. The molecule has 1 aromatic carbocycles. The van der Waals surface area contributed by atoms with Crippen LogP contribution in [0.5, 0.6) is 0 Å². The largest absolute Gasteiger partial charge is 0.433 e. The van der Waals surface area contributed by atoms with Crippen molar-refractivity contribution in [3.63, 3.8) is 0 Å². The molecule has 0 aliphatic carbocycles. The molecule has 0 bridgehead atoms. The molecule has 2 N–H and O–H groups in total. The maximum absolute atomic E-state index is 13.3. The fraction of sp³-hybridized carbons (Fsp3) is 0.0556. The number of alkyl halides is 3. The summed E-state index contributed by atoms with van der Waals surface area (Å²) in [6.07, 6.45) is -3.19. The van der Waals surface area contributed by atoms with E-state index in [2.05, 4.69) is 9.97 Å². The van der Waals surface area contributed by atoms with Crippen LogP contribution in [0, 0.1) is 0 Å². The van der Waals surface area contributed by atoms with Gasteiger partial charge in [0, 0.05) is 16.6 Å². The summed E-state index contributed by atoms with van der Waals surface area (Å²) in [7, 11) is 0. The molecule has 3 aromatic heterocycles. The molecule has 0 atom stereocenters. The van der Waals surface area contributed by atoms with Crippen LogP contribution in [0.25, 0.3) is 27.2 Å². The molecule has 3 heterocycles. The van der Waals surface area contributed by atoms with E-state index in [1.54, 1.807) is 0 Å². The van der Waals surface area contributed by atoms with Crippen molar-refractivity contribution in [2.75, 3.05) is 5.73 Å². The first-order chi connectivity index (χ1) is 13.3. The van der Waals surface area contributed by atoms with Crippen LogP contribution in [0.3, 0.4) is 0 Å². The van der Waals surface area contributed by atoms with Crippen molar-refractivity contribution < 1.29 is 13.2 Å². The van der Waals surface area contributed by atoms with E-state index in [4.69, 9.17) is 17.3 Å². The molecule has 0 radical (unpaired) electrons. The first-order valence-electron chi connectivity index (χ1n) is 7.84. The molecule has 0 saturated heterocycles. The van der Waals surface area contributed by atoms with Gasteiger partial charge in [-0.05, 0) is 36.4 Å². The van der Waals surface area contributed by atoms with E-state index < -0.39 is 17.4 Å². The molecule has 0 amide bonds. The van der Waals surface area contributed by atoms with Crippen molar-refractivity contribution in [2.24, 2.45) is 0 Å². The average molecular weight is 423 g/mol. The van der Waals surface area contributed by atoms with Crippen LogP contribution in [-0.2, 0) is 6.18 Å². The first kappa shape index (κ1) is 18.5. The Bertz CT molecular complexity index is 1240. The fourth-order valence-electron chi connectivity index (χ4n) is 2.85. The molecule has 28 heavy (non-hydrogen) atoms. The highest BCUT2D eigenvalue weighted by atomic mass is 35.5. The highest BCUT2D eigenvalue weighted by Gasteiger charge is 2.33. The van der Waals surface area contributed by atoms with Crippen LogP contribution in [0.1, 0.15) is 5.69 Å². The van der Waals surface area contributed by atoms with E-state index in [0.29, 0.717) is 15.6 Å². The third kappa shape index (κ3) is 3.02. The van der Waals surface area contributed by atoms with Crippen molar-refractivity contribution in [1.29, 1.82) is 0 Å². The number of benzene rings is 1. The zero-order valence-corrected chi connectivity index (χ0v) is 15.4. The summed E-state index contributed by atoms with van der Waals surface area (Å²) in [5, 5.41) is 0.647. The lowest BCUT2D eigenvalue weighted by Gasteiger charge is -2.16. The molecule has 0 fully saturated rings. The third-order valence-corrected chi connectivity index (χ3v) is 5.16. The van der Waals surface area contributed by atoms with Gasteiger partial charge in [0.1, 0.15) is 11.3 Å². The van der Waals surface area contributed by atoms with Gasteiger partial charge in [0.15, 0.2) is 0 Å². The van der Waals surface area contributed by atoms with E-state index in [1.165, 1.54) is 53.4 Å². The van der Waals surface area contributed by atoms with E-state index in [0.717, 1.165) is 10.6 Å². The molecule has 4 aromatic rings. The number of nitrogen functional groups attached to an aromatic ring is 1. The minimum atomic E-state index is -4.67. The molecule has 5 nitrogen and oxygen atoms in total. The van der Waals surface area contributed by atoms with Crippen LogP contribution >= 0.6 is 22.9 Å². The number of anilines is 1. The topological polar surface area (TPSA) is 73.8 Å². The molecule has 10 heteroatoms. The Balaban J connectivity index is 2.16. The SMILES string of the molecule is Nc1c(-c2cncs2)c(=O)n(-c2ccc(Cl)cc2)c2nc(C(F)(F)F)ccc12. The van der Waals surface area contributed by atoms with Gasteiger partial charge >= 0.3 is 6.18 Å². The van der Waals surface area contributed by atoms with Crippen molar-refractivity contribution >= 4 is 39.7 Å². The quantitative estimate of drug-likeness (QED) is 0.505. The van der Waals surface area contributed by atoms with Crippen LogP contribution < -0.4 is 11.3 Å². The van der Waals surface area contributed by atoms with Gasteiger partial charge in [-0.25, -0.2) is 4.98 Å². The third-order valence-electron chi connectivity index (χ3n) is 4.12. The highest BCUT2D eigenvalue weighted by molar-refractivity contribution is 7.13. The highest BCUT2D eigenvalue weighted by Crippen LogP contribution is 2.34. The van der Waals surface area contributed by atoms with Crippen molar-refractivity contribution in [2.45, 2.75) is 6.18 Å². The second-order valence-corrected chi connectivity index (χ2v) is 7.16. The standard InChI is InChI=1S/C18H10ClF3N4OS/c19-9-1-3-10(4-2-9)26-16-11(5-6-13(25-16)18(20,21)22)15(23)14(17(26)27)12-7-24-8-28-12/h1-8H,23H2. The fourth-order valence-corrected chi connectivity index (χ4v) is 3.65. The van der Waals surface area contributed by atoms with Gasteiger partial charge in [-0.2, -0.15) is 13.2 Å². The Hall–Kier alpha value is -2.91. The van der Waals surface area contributed by atoms with Gasteiger partial charge < -0.3 is 5.73 Å². The molecule has 0 aliphatic heterocycles. The number of hydrogen-bond donors (Lipinski definition) is 1. The van der Waals surface area contributed by atoms with Crippen molar-refractivity contribution in [3.05, 3.63) is 69.2 Å². The van der Waals surface area contributed by atoms with Gasteiger partial charge in [0.05, 0.1) is 27.3 Å². The van der Waals surface area contributed by atoms with Gasteiger partial charge in [0.2, 0.25) is 0 Å².